The Morgan fingerprint density at radius 2 is 1.89 bits per heavy atom. The number of aliphatic hydroxyl groups excluding tert-OH is 2. The van der Waals surface area contributed by atoms with E-state index in [1.165, 1.54) is 6.26 Å². The highest BCUT2D eigenvalue weighted by molar-refractivity contribution is 5.88. The monoisotopic (exact) mass is 489 g/mol. The molecule has 35 heavy (non-hydrogen) atoms. The van der Waals surface area contributed by atoms with Crippen molar-refractivity contribution in [1.29, 1.82) is 0 Å². The van der Waals surface area contributed by atoms with Crippen LogP contribution in [0.2, 0.25) is 0 Å². The number of carbonyl (C=O) groups excluding carboxylic acids is 2. The summed E-state index contributed by atoms with van der Waals surface area (Å²) in [6.45, 7) is 12.3. The molecule has 0 saturated carbocycles. The third-order valence-electron chi connectivity index (χ3n) is 7.51. The third kappa shape index (κ3) is 6.29. The van der Waals surface area contributed by atoms with Crippen LogP contribution in [-0.2, 0) is 19.1 Å². The predicted octanol–water partition coefficient (Wildman–Crippen LogP) is 3.79. The maximum atomic E-state index is 13.2. The molecule has 1 saturated heterocycles. The Hall–Kier alpha value is -2.29. The number of aryl methyl sites for hydroxylation is 1. The van der Waals surface area contributed by atoms with E-state index >= 15 is 0 Å². The molecule has 1 fully saturated rings. The van der Waals surface area contributed by atoms with Gasteiger partial charge in [-0.3, -0.25) is 9.59 Å². The van der Waals surface area contributed by atoms with Gasteiger partial charge < -0.3 is 24.1 Å². The minimum Gasteiger partial charge on any atom is -0.458 e. The summed E-state index contributed by atoms with van der Waals surface area (Å²) in [5, 5.41) is 21.6. The lowest BCUT2D eigenvalue weighted by Crippen LogP contribution is -2.45. The third-order valence-corrected chi connectivity index (χ3v) is 7.51. The molecule has 0 amide bonds. The number of ketones is 1. The number of hydrogen-bond donors (Lipinski definition) is 2. The van der Waals surface area contributed by atoms with E-state index in [0.717, 1.165) is 5.57 Å². The van der Waals surface area contributed by atoms with Crippen LogP contribution in [-0.4, -0.2) is 57.0 Å². The topological polar surface area (TPSA) is 122 Å². The Labute approximate surface area is 207 Å². The van der Waals surface area contributed by atoms with Crippen LogP contribution in [0.4, 0.5) is 0 Å². The quantitative estimate of drug-likeness (QED) is 0.366. The largest absolute Gasteiger partial charge is 0.458 e. The number of rotatable bonds is 2. The molecule has 2 aliphatic rings. The van der Waals surface area contributed by atoms with Gasteiger partial charge in [-0.15, -0.1) is 0 Å². The van der Waals surface area contributed by atoms with Gasteiger partial charge >= 0.3 is 5.97 Å². The second kappa shape index (κ2) is 10.4. The maximum Gasteiger partial charge on any atom is 0.309 e. The van der Waals surface area contributed by atoms with Gasteiger partial charge in [0, 0.05) is 25.2 Å². The van der Waals surface area contributed by atoms with Crippen molar-refractivity contribution in [3.63, 3.8) is 0 Å². The maximum absolute atomic E-state index is 13.2. The van der Waals surface area contributed by atoms with Crippen LogP contribution in [0.3, 0.4) is 0 Å². The first kappa shape index (κ1) is 27.3. The summed E-state index contributed by atoms with van der Waals surface area (Å²) in [6.07, 6.45) is 5.07. The zero-order chi connectivity index (χ0) is 26.1. The van der Waals surface area contributed by atoms with E-state index in [0.29, 0.717) is 24.4 Å². The van der Waals surface area contributed by atoms with Crippen molar-refractivity contribution < 1.29 is 33.7 Å². The molecule has 2 N–H and O–H groups in total. The van der Waals surface area contributed by atoms with Crippen LogP contribution in [0, 0.1) is 24.2 Å². The minimum absolute atomic E-state index is 0.123. The van der Waals surface area contributed by atoms with E-state index in [9.17, 15) is 19.8 Å². The molecule has 0 aromatic carbocycles. The number of ether oxygens (including phenoxy) is 2. The molecule has 194 valence electrons. The highest BCUT2D eigenvalue weighted by Gasteiger charge is 2.52. The average molecular weight is 490 g/mol. The number of nitrogens with zero attached hydrogens (tertiary/aromatic N) is 1. The average Bonchev–Trinajstić information content (AvgIpc) is 3.22. The van der Waals surface area contributed by atoms with Crippen molar-refractivity contribution in [3.8, 4) is 0 Å². The Balaban J connectivity index is 1.89. The highest BCUT2D eigenvalue weighted by atomic mass is 16.6. The van der Waals surface area contributed by atoms with Crippen molar-refractivity contribution in [1.82, 2.24) is 4.98 Å². The molecule has 2 aliphatic heterocycles. The number of oxazole rings is 1. The standard InChI is InChI=1S/C27H39NO7/c1-15-9-8-10-27(7)22(35-27)12-20(16(2)11-19-14-33-18(4)28-19)34-23(30)13-21(29)26(5,6)25(32)17(3)24(15)31/h8-9,11,14-15,17,20-22,24,29,31H,10,12-13H2,1-7H3/b9-8+,16-11+/t15?,17-,20+,21+,22?,24+,27?/m1/s1. The molecular formula is C27H39NO7. The first-order valence-corrected chi connectivity index (χ1v) is 12.3. The smallest absolute Gasteiger partial charge is 0.309 e. The predicted molar refractivity (Wildman–Crippen MR) is 130 cm³/mol. The van der Waals surface area contributed by atoms with Crippen LogP contribution in [0.25, 0.3) is 6.08 Å². The van der Waals surface area contributed by atoms with Crippen LogP contribution in [0.15, 0.2) is 28.4 Å². The number of fused-ring (bicyclic) bond motifs is 1. The number of esters is 1. The summed E-state index contributed by atoms with van der Waals surface area (Å²) in [5.41, 5.74) is -0.247. The van der Waals surface area contributed by atoms with Gasteiger partial charge in [-0.25, -0.2) is 4.98 Å². The van der Waals surface area contributed by atoms with E-state index in [-0.39, 0.29) is 24.2 Å². The lowest BCUT2D eigenvalue weighted by Gasteiger charge is -2.34. The molecule has 3 unspecified atom stereocenters. The van der Waals surface area contributed by atoms with E-state index in [1.54, 1.807) is 33.8 Å². The Kier molecular flexibility index (Phi) is 8.09. The molecule has 3 heterocycles. The van der Waals surface area contributed by atoms with Crippen LogP contribution in [0.5, 0.6) is 0 Å². The molecule has 0 bridgehead atoms. The molecule has 0 radical (unpaired) electrons. The molecule has 8 heteroatoms. The summed E-state index contributed by atoms with van der Waals surface area (Å²) in [5.74, 6) is -1.35. The Morgan fingerprint density at radius 1 is 1.20 bits per heavy atom. The number of aromatic nitrogens is 1. The molecule has 1 aromatic heterocycles. The Morgan fingerprint density at radius 3 is 2.51 bits per heavy atom. The SMILES string of the molecule is C/C(=C\c1coc(C)n1)[C@@H]1CC2OC2(C)C/C=C/C(C)[C@H](O)[C@@H](C)C(=O)C(C)(C)[C@@H](O)CC(=O)O1. The fraction of sp³-hybridized carbons (Fsp3) is 0.667. The summed E-state index contributed by atoms with van der Waals surface area (Å²) < 4.78 is 17.1. The number of aliphatic hydroxyl groups is 2. The van der Waals surface area contributed by atoms with E-state index in [2.05, 4.69) is 4.98 Å². The summed E-state index contributed by atoms with van der Waals surface area (Å²) in [6, 6.07) is 0. The van der Waals surface area contributed by atoms with Gasteiger partial charge in [0.2, 0.25) is 0 Å². The summed E-state index contributed by atoms with van der Waals surface area (Å²) in [4.78, 5) is 30.4. The Bertz CT molecular complexity index is 993. The summed E-state index contributed by atoms with van der Waals surface area (Å²) in [7, 11) is 0. The number of epoxide rings is 1. The zero-order valence-corrected chi connectivity index (χ0v) is 21.8. The number of hydrogen-bond acceptors (Lipinski definition) is 8. The van der Waals surface area contributed by atoms with Crippen LogP contribution < -0.4 is 0 Å². The molecule has 3 rings (SSSR count). The zero-order valence-electron chi connectivity index (χ0n) is 21.8. The van der Waals surface area contributed by atoms with Gasteiger partial charge in [0.05, 0.1) is 35.7 Å². The lowest BCUT2D eigenvalue weighted by molar-refractivity contribution is -0.154. The second-order valence-corrected chi connectivity index (χ2v) is 10.9. The number of carbonyl (C=O) groups is 2. The van der Waals surface area contributed by atoms with Crippen molar-refractivity contribution in [2.45, 2.75) is 97.7 Å². The second-order valence-electron chi connectivity index (χ2n) is 10.9. The molecule has 1 aromatic rings. The summed E-state index contributed by atoms with van der Waals surface area (Å²) >= 11 is 0. The van der Waals surface area contributed by atoms with E-state index in [4.69, 9.17) is 13.9 Å². The van der Waals surface area contributed by atoms with Crippen LogP contribution in [0.1, 0.15) is 72.4 Å². The lowest BCUT2D eigenvalue weighted by atomic mass is 9.73. The van der Waals surface area contributed by atoms with E-state index in [1.807, 2.05) is 32.9 Å². The normalized spacial score (nSPS) is 37.9. The first-order valence-electron chi connectivity index (χ1n) is 12.3. The van der Waals surface area contributed by atoms with Crippen LogP contribution >= 0.6 is 0 Å². The van der Waals surface area contributed by atoms with Gasteiger partial charge in [-0.05, 0) is 31.9 Å². The van der Waals surface area contributed by atoms with Crippen molar-refractivity contribution in [2.24, 2.45) is 17.3 Å². The van der Waals surface area contributed by atoms with Gasteiger partial charge in [0.25, 0.3) is 0 Å². The molecule has 0 spiro atoms. The van der Waals surface area contributed by atoms with Crippen molar-refractivity contribution in [3.05, 3.63) is 35.6 Å². The van der Waals surface area contributed by atoms with Gasteiger partial charge in [-0.1, -0.05) is 39.8 Å². The van der Waals surface area contributed by atoms with E-state index < -0.39 is 41.2 Å². The highest BCUT2D eigenvalue weighted by Crippen LogP contribution is 2.44. The fourth-order valence-corrected chi connectivity index (χ4v) is 4.67. The first-order chi connectivity index (χ1) is 16.2. The number of cyclic esters (lactones) is 1. The minimum atomic E-state index is -1.26. The molecule has 7 atom stereocenters. The van der Waals surface area contributed by atoms with Crippen molar-refractivity contribution >= 4 is 17.8 Å². The molecule has 0 aliphatic carbocycles. The van der Waals surface area contributed by atoms with Crippen molar-refractivity contribution in [2.75, 3.05) is 0 Å². The fourth-order valence-electron chi connectivity index (χ4n) is 4.67. The molecular weight excluding hydrogens is 450 g/mol. The molecule has 8 nitrogen and oxygen atoms in total. The van der Waals surface area contributed by atoms with Gasteiger partial charge in [0.15, 0.2) is 5.89 Å². The van der Waals surface area contributed by atoms with Gasteiger partial charge in [-0.2, -0.15) is 0 Å². The number of Topliss-reactive ketones (excluding diaryl/α,β-unsaturated/α-hetero) is 1. The van der Waals surface area contributed by atoms with Gasteiger partial charge in [0.1, 0.15) is 23.8 Å².